The standard InChI is InChI=1S/C12H16N4O/c1-2-3-15-4-6-16(7-5-15)12(17)11-8-10(13)9-14-11/h1,8-9,14H,3-7,13H2. The van der Waals surface area contributed by atoms with Crippen LogP contribution in [-0.4, -0.2) is 53.4 Å². The summed E-state index contributed by atoms with van der Waals surface area (Å²) in [7, 11) is 0. The number of amides is 1. The van der Waals surface area contributed by atoms with Gasteiger partial charge in [-0.05, 0) is 6.07 Å². The summed E-state index contributed by atoms with van der Waals surface area (Å²) in [4.78, 5) is 18.9. The van der Waals surface area contributed by atoms with Crippen molar-refractivity contribution in [3.63, 3.8) is 0 Å². The number of nitrogens with one attached hydrogen (secondary N) is 1. The monoisotopic (exact) mass is 232 g/mol. The van der Waals surface area contributed by atoms with Crippen molar-refractivity contribution in [1.29, 1.82) is 0 Å². The van der Waals surface area contributed by atoms with E-state index in [2.05, 4.69) is 15.8 Å². The van der Waals surface area contributed by atoms with Crippen LogP contribution in [0.5, 0.6) is 0 Å². The van der Waals surface area contributed by atoms with E-state index >= 15 is 0 Å². The van der Waals surface area contributed by atoms with Gasteiger partial charge >= 0.3 is 0 Å². The topological polar surface area (TPSA) is 65.4 Å². The SMILES string of the molecule is C#CCN1CCN(C(=O)c2cc(N)c[nH]2)CC1. The minimum atomic E-state index is 0.00191. The molecule has 5 heteroatoms. The molecule has 1 saturated heterocycles. The lowest BCUT2D eigenvalue weighted by atomic mass is 10.2. The average molecular weight is 232 g/mol. The van der Waals surface area contributed by atoms with Gasteiger partial charge in [0.1, 0.15) is 5.69 Å². The predicted octanol–water partition coefficient (Wildman–Crippen LogP) is -0.0121. The summed E-state index contributed by atoms with van der Waals surface area (Å²) < 4.78 is 0. The van der Waals surface area contributed by atoms with Gasteiger partial charge in [0.25, 0.3) is 5.91 Å². The molecule has 0 unspecified atom stereocenters. The number of nitrogens with zero attached hydrogens (tertiary/aromatic N) is 2. The van der Waals surface area contributed by atoms with Crippen molar-refractivity contribution in [2.24, 2.45) is 0 Å². The predicted molar refractivity (Wildman–Crippen MR) is 66.4 cm³/mol. The van der Waals surface area contributed by atoms with Crippen LogP contribution in [0.2, 0.25) is 0 Å². The number of piperazine rings is 1. The zero-order chi connectivity index (χ0) is 12.3. The van der Waals surface area contributed by atoms with Crippen molar-refractivity contribution in [1.82, 2.24) is 14.8 Å². The Morgan fingerprint density at radius 3 is 2.71 bits per heavy atom. The van der Waals surface area contributed by atoms with E-state index < -0.39 is 0 Å². The molecule has 1 aromatic heterocycles. The number of aromatic nitrogens is 1. The quantitative estimate of drug-likeness (QED) is 0.705. The molecule has 0 saturated carbocycles. The first kappa shape index (κ1) is 11.6. The molecule has 1 aliphatic heterocycles. The van der Waals surface area contributed by atoms with E-state index in [-0.39, 0.29) is 5.91 Å². The van der Waals surface area contributed by atoms with Gasteiger partial charge in [-0.15, -0.1) is 6.42 Å². The largest absolute Gasteiger partial charge is 0.397 e. The normalized spacial score (nSPS) is 16.8. The lowest BCUT2D eigenvalue weighted by Crippen LogP contribution is -2.48. The third kappa shape index (κ3) is 2.60. The highest BCUT2D eigenvalue weighted by molar-refractivity contribution is 5.93. The van der Waals surface area contributed by atoms with Crippen LogP contribution >= 0.6 is 0 Å². The highest BCUT2D eigenvalue weighted by atomic mass is 16.2. The molecule has 90 valence electrons. The van der Waals surface area contributed by atoms with E-state index in [4.69, 9.17) is 12.2 Å². The maximum Gasteiger partial charge on any atom is 0.270 e. The molecule has 0 atom stereocenters. The number of nitrogen functional groups attached to an aromatic ring is 1. The van der Waals surface area contributed by atoms with E-state index in [0.717, 1.165) is 13.1 Å². The second-order valence-electron chi connectivity index (χ2n) is 4.12. The van der Waals surface area contributed by atoms with Gasteiger partial charge in [0.15, 0.2) is 0 Å². The summed E-state index contributed by atoms with van der Waals surface area (Å²) in [5.74, 6) is 2.62. The Labute approximate surface area is 101 Å². The highest BCUT2D eigenvalue weighted by Gasteiger charge is 2.22. The molecule has 5 nitrogen and oxygen atoms in total. The number of carbonyl (C=O) groups excluding carboxylic acids is 1. The number of carbonyl (C=O) groups is 1. The third-order valence-corrected chi connectivity index (χ3v) is 2.91. The maximum atomic E-state index is 12.1. The molecular weight excluding hydrogens is 216 g/mol. The molecule has 1 fully saturated rings. The van der Waals surface area contributed by atoms with E-state index in [9.17, 15) is 4.79 Å². The van der Waals surface area contributed by atoms with Gasteiger partial charge < -0.3 is 15.6 Å². The Kier molecular flexibility index (Phi) is 3.35. The lowest BCUT2D eigenvalue weighted by Gasteiger charge is -2.33. The van der Waals surface area contributed by atoms with Gasteiger partial charge in [0.05, 0.1) is 6.54 Å². The minimum Gasteiger partial charge on any atom is -0.397 e. The average Bonchev–Trinajstić information content (AvgIpc) is 2.76. The molecule has 1 amide bonds. The number of terminal acetylenes is 1. The van der Waals surface area contributed by atoms with Gasteiger partial charge in [0, 0.05) is 38.1 Å². The smallest absolute Gasteiger partial charge is 0.270 e. The molecule has 0 radical (unpaired) electrons. The van der Waals surface area contributed by atoms with E-state index in [1.165, 1.54) is 0 Å². The Morgan fingerprint density at radius 2 is 2.18 bits per heavy atom. The Hall–Kier alpha value is -1.93. The summed E-state index contributed by atoms with van der Waals surface area (Å²) in [6.45, 7) is 3.72. The van der Waals surface area contributed by atoms with Crippen LogP contribution in [0.3, 0.4) is 0 Å². The van der Waals surface area contributed by atoms with Crippen LogP contribution in [0.25, 0.3) is 0 Å². The molecule has 2 rings (SSSR count). The zero-order valence-corrected chi connectivity index (χ0v) is 9.65. The number of nitrogens with two attached hydrogens (primary N) is 1. The fourth-order valence-electron chi connectivity index (χ4n) is 1.94. The van der Waals surface area contributed by atoms with Crippen LogP contribution in [0.1, 0.15) is 10.5 Å². The molecule has 0 aliphatic carbocycles. The van der Waals surface area contributed by atoms with Crippen molar-refractivity contribution < 1.29 is 4.79 Å². The van der Waals surface area contributed by atoms with Crippen LogP contribution in [0, 0.1) is 12.3 Å². The second-order valence-corrected chi connectivity index (χ2v) is 4.12. The summed E-state index contributed by atoms with van der Waals surface area (Å²) >= 11 is 0. The van der Waals surface area contributed by atoms with Crippen LogP contribution in [-0.2, 0) is 0 Å². The summed E-state index contributed by atoms with van der Waals surface area (Å²) in [6, 6.07) is 1.66. The van der Waals surface area contributed by atoms with Crippen molar-refractivity contribution in [3.05, 3.63) is 18.0 Å². The highest BCUT2D eigenvalue weighted by Crippen LogP contribution is 2.10. The number of hydrogen-bond donors (Lipinski definition) is 2. The Bertz CT molecular complexity index is 438. The van der Waals surface area contributed by atoms with E-state index in [1.54, 1.807) is 12.3 Å². The van der Waals surface area contributed by atoms with Crippen molar-refractivity contribution in [3.8, 4) is 12.3 Å². The van der Waals surface area contributed by atoms with E-state index in [1.807, 2.05) is 4.90 Å². The summed E-state index contributed by atoms with van der Waals surface area (Å²) in [5.41, 5.74) is 6.71. The molecule has 0 aromatic carbocycles. The molecule has 0 spiro atoms. The first-order chi connectivity index (χ1) is 8.20. The first-order valence-corrected chi connectivity index (χ1v) is 5.59. The third-order valence-electron chi connectivity index (χ3n) is 2.91. The molecule has 2 heterocycles. The van der Waals surface area contributed by atoms with Crippen molar-refractivity contribution in [2.75, 3.05) is 38.5 Å². The minimum absolute atomic E-state index is 0.00191. The van der Waals surface area contributed by atoms with Gasteiger partial charge in [-0.3, -0.25) is 9.69 Å². The maximum absolute atomic E-state index is 12.1. The van der Waals surface area contributed by atoms with Gasteiger partial charge in [-0.2, -0.15) is 0 Å². The molecule has 0 bridgehead atoms. The number of hydrogen-bond acceptors (Lipinski definition) is 3. The van der Waals surface area contributed by atoms with Crippen molar-refractivity contribution in [2.45, 2.75) is 0 Å². The molecule has 1 aromatic rings. The number of H-pyrrole nitrogens is 1. The molecular formula is C12H16N4O. The fraction of sp³-hybridized carbons (Fsp3) is 0.417. The zero-order valence-electron chi connectivity index (χ0n) is 9.65. The lowest BCUT2D eigenvalue weighted by molar-refractivity contribution is 0.0647. The number of anilines is 1. The van der Waals surface area contributed by atoms with Gasteiger partial charge in [-0.25, -0.2) is 0 Å². The van der Waals surface area contributed by atoms with Crippen LogP contribution < -0.4 is 5.73 Å². The molecule has 17 heavy (non-hydrogen) atoms. The van der Waals surface area contributed by atoms with E-state index in [0.29, 0.717) is 31.0 Å². The molecule has 3 N–H and O–H groups in total. The Morgan fingerprint density at radius 1 is 1.47 bits per heavy atom. The summed E-state index contributed by atoms with van der Waals surface area (Å²) in [6.07, 6.45) is 6.88. The first-order valence-electron chi connectivity index (χ1n) is 5.59. The summed E-state index contributed by atoms with van der Waals surface area (Å²) in [5, 5.41) is 0. The fourth-order valence-corrected chi connectivity index (χ4v) is 1.94. The van der Waals surface area contributed by atoms with Gasteiger partial charge in [-0.1, -0.05) is 5.92 Å². The van der Waals surface area contributed by atoms with Crippen molar-refractivity contribution >= 4 is 11.6 Å². The number of rotatable bonds is 2. The van der Waals surface area contributed by atoms with Crippen LogP contribution in [0.4, 0.5) is 5.69 Å². The van der Waals surface area contributed by atoms with Crippen LogP contribution in [0.15, 0.2) is 12.3 Å². The Balaban J connectivity index is 1.93. The van der Waals surface area contributed by atoms with Gasteiger partial charge in [0.2, 0.25) is 0 Å². The molecule has 1 aliphatic rings. The number of aromatic amines is 1. The second kappa shape index (κ2) is 4.93.